The summed E-state index contributed by atoms with van der Waals surface area (Å²) in [7, 11) is 0. The van der Waals surface area contributed by atoms with Gasteiger partial charge in [0.2, 0.25) is 0 Å². The third kappa shape index (κ3) is 5.12. The van der Waals surface area contributed by atoms with Crippen LogP contribution in [0.15, 0.2) is 18.2 Å². The fourth-order valence-electron chi connectivity index (χ4n) is 1.28. The van der Waals surface area contributed by atoms with Crippen LogP contribution in [-0.2, 0) is 6.54 Å². The summed E-state index contributed by atoms with van der Waals surface area (Å²) in [6, 6.07) is 4.67. The fourth-order valence-corrected chi connectivity index (χ4v) is 1.51. The van der Waals surface area contributed by atoms with Crippen LogP contribution in [0.3, 0.4) is 0 Å². The lowest BCUT2D eigenvalue weighted by molar-refractivity contribution is 0.283. The van der Waals surface area contributed by atoms with Crippen molar-refractivity contribution in [1.29, 1.82) is 0 Å². The molecule has 16 heavy (non-hydrogen) atoms. The summed E-state index contributed by atoms with van der Waals surface area (Å²) in [5.74, 6) is -0.280. The van der Waals surface area contributed by atoms with E-state index in [4.69, 9.17) is 16.7 Å². The van der Waals surface area contributed by atoms with Crippen molar-refractivity contribution in [3.63, 3.8) is 0 Å². The molecule has 1 aromatic rings. The van der Waals surface area contributed by atoms with Crippen LogP contribution in [0.1, 0.15) is 18.4 Å². The van der Waals surface area contributed by atoms with Crippen LogP contribution in [-0.4, -0.2) is 18.3 Å². The monoisotopic (exact) mass is 267 g/mol. The molecule has 0 heterocycles. The Balaban J connectivity index is 0.00000225. The van der Waals surface area contributed by atoms with Gasteiger partial charge in [0.1, 0.15) is 5.82 Å². The topological polar surface area (TPSA) is 32.3 Å². The van der Waals surface area contributed by atoms with E-state index in [1.165, 1.54) is 6.07 Å². The van der Waals surface area contributed by atoms with Crippen molar-refractivity contribution in [2.24, 2.45) is 0 Å². The maximum atomic E-state index is 13.3. The van der Waals surface area contributed by atoms with E-state index >= 15 is 0 Å². The van der Waals surface area contributed by atoms with E-state index in [0.717, 1.165) is 19.4 Å². The predicted molar refractivity (Wildman–Crippen MR) is 66.7 cm³/mol. The van der Waals surface area contributed by atoms with E-state index < -0.39 is 0 Å². The van der Waals surface area contributed by atoms with Crippen LogP contribution >= 0.6 is 24.0 Å². The summed E-state index contributed by atoms with van der Waals surface area (Å²) >= 11 is 5.85. The Bertz CT molecular complexity index is 290. The van der Waals surface area contributed by atoms with Gasteiger partial charge in [0.05, 0.1) is 0 Å². The second-order valence-electron chi connectivity index (χ2n) is 3.31. The van der Waals surface area contributed by atoms with E-state index in [9.17, 15) is 4.39 Å². The Hall–Kier alpha value is -0.350. The Kier molecular flexibility index (Phi) is 8.57. The zero-order valence-electron chi connectivity index (χ0n) is 8.88. The average Bonchev–Trinajstić information content (AvgIpc) is 2.21. The van der Waals surface area contributed by atoms with Crippen LogP contribution in [0.25, 0.3) is 0 Å². The molecule has 0 saturated carbocycles. The van der Waals surface area contributed by atoms with Gasteiger partial charge >= 0.3 is 0 Å². The van der Waals surface area contributed by atoms with Crippen LogP contribution in [0.5, 0.6) is 0 Å². The molecule has 0 aliphatic rings. The molecule has 1 rings (SSSR count). The highest BCUT2D eigenvalue weighted by Crippen LogP contribution is 2.18. The summed E-state index contributed by atoms with van der Waals surface area (Å²) in [5, 5.41) is 12.1. The minimum Gasteiger partial charge on any atom is -0.396 e. The molecule has 0 radical (unpaired) electrons. The summed E-state index contributed by atoms with van der Waals surface area (Å²) < 4.78 is 13.3. The molecule has 2 nitrogen and oxygen atoms in total. The quantitative estimate of drug-likeness (QED) is 0.777. The van der Waals surface area contributed by atoms with Gasteiger partial charge in [-0.3, -0.25) is 0 Å². The Labute approximate surface area is 106 Å². The first kappa shape index (κ1) is 15.7. The minimum absolute atomic E-state index is 0. The first-order valence-corrected chi connectivity index (χ1v) is 5.38. The van der Waals surface area contributed by atoms with Gasteiger partial charge in [-0.05, 0) is 31.5 Å². The molecule has 0 spiro atoms. The molecule has 0 fully saturated rings. The first-order valence-electron chi connectivity index (χ1n) is 5.00. The van der Waals surface area contributed by atoms with Gasteiger partial charge in [0.25, 0.3) is 0 Å². The van der Waals surface area contributed by atoms with Crippen molar-refractivity contribution in [1.82, 2.24) is 5.32 Å². The van der Waals surface area contributed by atoms with Gasteiger partial charge < -0.3 is 10.4 Å². The van der Waals surface area contributed by atoms with E-state index in [-0.39, 0.29) is 24.8 Å². The molecule has 92 valence electrons. The molecule has 0 aliphatic carbocycles. The van der Waals surface area contributed by atoms with Gasteiger partial charge in [-0.25, -0.2) is 4.39 Å². The molecule has 0 atom stereocenters. The minimum atomic E-state index is -0.280. The Morgan fingerprint density at radius 2 is 2.06 bits per heavy atom. The third-order valence-corrected chi connectivity index (χ3v) is 2.48. The standard InChI is InChI=1S/C11H15ClFNO.ClH/c12-10-4-3-5-11(13)9(10)8-14-6-1-2-7-15;/h3-5,14-15H,1-2,6-8H2;1H. The molecule has 0 saturated heterocycles. The maximum absolute atomic E-state index is 13.3. The smallest absolute Gasteiger partial charge is 0.129 e. The van der Waals surface area contributed by atoms with Crippen molar-refractivity contribution in [2.45, 2.75) is 19.4 Å². The zero-order valence-corrected chi connectivity index (χ0v) is 10.5. The molecule has 0 amide bonds. The van der Waals surface area contributed by atoms with E-state index in [0.29, 0.717) is 17.1 Å². The van der Waals surface area contributed by atoms with Crippen molar-refractivity contribution in [2.75, 3.05) is 13.2 Å². The number of benzene rings is 1. The lowest BCUT2D eigenvalue weighted by Gasteiger charge is -2.07. The molecule has 0 bridgehead atoms. The lowest BCUT2D eigenvalue weighted by atomic mass is 10.2. The normalized spacial score (nSPS) is 9.94. The number of hydrogen-bond acceptors (Lipinski definition) is 2. The molecular weight excluding hydrogens is 252 g/mol. The van der Waals surface area contributed by atoms with Crippen molar-refractivity contribution < 1.29 is 9.50 Å². The summed E-state index contributed by atoms with van der Waals surface area (Å²) in [4.78, 5) is 0. The van der Waals surface area contributed by atoms with Crippen LogP contribution < -0.4 is 5.32 Å². The number of hydrogen-bond donors (Lipinski definition) is 2. The van der Waals surface area contributed by atoms with Gasteiger partial charge in [-0.1, -0.05) is 17.7 Å². The van der Waals surface area contributed by atoms with Gasteiger partial charge in [-0.2, -0.15) is 0 Å². The van der Waals surface area contributed by atoms with E-state index in [1.807, 2.05) is 0 Å². The van der Waals surface area contributed by atoms with Gasteiger partial charge in [-0.15, -0.1) is 12.4 Å². The Morgan fingerprint density at radius 1 is 1.31 bits per heavy atom. The molecule has 5 heteroatoms. The number of aliphatic hydroxyl groups is 1. The SMILES string of the molecule is Cl.OCCCCNCc1c(F)cccc1Cl. The highest BCUT2D eigenvalue weighted by molar-refractivity contribution is 6.31. The predicted octanol–water partition coefficient (Wildman–Crippen LogP) is 2.76. The molecule has 2 N–H and O–H groups in total. The van der Waals surface area contributed by atoms with Crippen molar-refractivity contribution in [3.8, 4) is 0 Å². The van der Waals surface area contributed by atoms with Gasteiger partial charge in [0.15, 0.2) is 0 Å². The lowest BCUT2D eigenvalue weighted by Crippen LogP contribution is -2.16. The number of halogens is 3. The first-order chi connectivity index (χ1) is 7.25. The van der Waals surface area contributed by atoms with Crippen molar-refractivity contribution in [3.05, 3.63) is 34.6 Å². The second-order valence-corrected chi connectivity index (χ2v) is 3.71. The molecular formula is C11H16Cl2FNO. The molecule has 0 aliphatic heterocycles. The Morgan fingerprint density at radius 3 is 2.69 bits per heavy atom. The summed E-state index contributed by atoms with van der Waals surface area (Å²) in [6.45, 7) is 1.38. The van der Waals surface area contributed by atoms with Crippen molar-refractivity contribution >= 4 is 24.0 Å². The molecule has 0 unspecified atom stereocenters. The fraction of sp³-hybridized carbons (Fsp3) is 0.455. The third-order valence-electron chi connectivity index (χ3n) is 2.13. The van der Waals surface area contributed by atoms with Crippen LogP contribution in [0.2, 0.25) is 5.02 Å². The average molecular weight is 268 g/mol. The molecule has 0 aromatic heterocycles. The summed E-state index contributed by atoms with van der Waals surface area (Å²) in [6.07, 6.45) is 1.64. The van der Waals surface area contributed by atoms with Crippen LogP contribution in [0.4, 0.5) is 4.39 Å². The number of unbranched alkanes of at least 4 members (excludes halogenated alkanes) is 1. The highest BCUT2D eigenvalue weighted by Gasteiger charge is 2.05. The van der Waals surface area contributed by atoms with Gasteiger partial charge in [0, 0.05) is 23.7 Å². The number of aliphatic hydroxyl groups excluding tert-OH is 1. The maximum Gasteiger partial charge on any atom is 0.129 e. The number of rotatable bonds is 6. The second kappa shape index (κ2) is 8.76. The highest BCUT2D eigenvalue weighted by atomic mass is 35.5. The largest absolute Gasteiger partial charge is 0.396 e. The van der Waals surface area contributed by atoms with E-state index in [1.54, 1.807) is 12.1 Å². The molecule has 1 aromatic carbocycles. The summed E-state index contributed by atoms with van der Waals surface area (Å²) in [5.41, 5.74) is 0.503. The van der Waals surface area contributed by atoms with Crippen LogP contribution in [0, 0.1) is 5.82 Å². The number of nitrogens with one attached hydrogen (secondary N) is 1. The zero-order chi connectivity index (χ0) is 11.1. The van der Waals surface area contributed by atoms with E-state index in [2.05, 4.69) is 5.32 Å².